The number of para-hydroxylation sites is 1. The predicted octanol–water partition coefficient (Wildman–Crippen LogP) is 3.01. The van der Waals surface area contributed by atoms with Crippen LogP contribution in [0.2, 0.25) is 0 Å². The van der Waals surface area contributed by atoms with Gasteiger partial charge in [0.15, 0.2) is 0 Å². The van der Waals surface area contributed by atoms with Crippen molar-refractivity contribution < 1.29 is 13.2 Å². The summed E-state index contributed by atoms with van der Waals surface area (Å²) >= 11 is 0. The van der Waals surface area contributed by atoms with E-state index in [4.69, 9.17) is 5.73 Å². The van der Waals surface area contributed by atoms with Crippen LogP contribution in [0.5, 0.6) is 0 Å². The Bertz CT molecular complexity index is 582. The van der Waals surface area contributed by atoms with E-state index >= 15 is 0 Å². The molecule has 1 aromatic carbocycles. The average Bonchev–Trinajstić information content (AvgIpc) is 2.53. The van der Waals surface area contributed by atoms with E-state index in [-0.39, 0.29) is 13.0 Å². The molecule has 0 fully saturated rings. The lowest BCUT2D eigenvalue weighted by Gasteiger charge is -2.11. The smallest absolute Gasteiger partial charge is 0.340 e. The van der Waals surface area contributed by atoms with Crippen LogP contribution < -0.4 is 5.73 Å². The van der Waals surface area contributed by atoms with Crippen LogP contribution in [0.1, 0.15) is 16.8 Å². The van der Waals surface area contributed by atoms with Crippen LogP contribution in [0.25, 0.3) is 10.9 Å². The number of nitrogens with zero attached hydrogens (tertiary/aromatic N) is 1. The van der Waals surface area contributed by atoms with Gasteiger partial charge in [-0.25, -0.2) is 0 Å². The summed E-state index contributed by atoms with van der Waals surface area (Å²) in [5.41, 5.74) is 6.62. The SMILES string of the molecule is Cc1cccc2c(CCN)c(C(F)(F)F)n(C)c12. The van der Waals surface area contributed by atoms with E-state index in [1.165, 1.54) is 11.6 Å². The van der Waals surface area contributed by atoms with Crippen molar-refractivity contribution in [3.05, 3.63) is 35.0 Å². The second kappa shape index (κ2) is 4.31. The summed E-state index contributed by atoms with van der Waals surface area (Å²) in [6.45, 7) is 2.02. The maximum absolute atomic E-state index is 13.1. The summed E-state index contributed by atoms with van der Waals surface area (Å²) in [7, 11) is 1.46. The van der Waals surface area contributed by atoms with Gasteiger partial charge in [0.2, 0.25) is 0 Å². The van der Waals surface area contributed by atoms with Crippen molar-refractivity contribution in [2.45, 2.75) is 19.5 Å². The summed E-state index contributed by atoms with van der Waals surface area (Å²) in [4.78, 5) is 0. The minimum Gasteiger partial charge on any atom is -0.340 e. The Hall–Kier alpha value is -1.49. The molecule has 2 rings (SSSR count). The standard InChI is InChI=1S/C13H15F3N2/c1-8-4-3-5-9-10(6-7-17)12(13(14,15)16)18(2)11(8)9/h3-5H,6-7,17H2,1-2H3. The zero-order valence-corrected chi connectivity index (χ0v) is 10.3. The minimum absolute atomic E-state index is 0.204. The van der Waals surface area contributed by atoms with Gasteiger partial charge in [0, 0.05) is 12.4 Å². The van der Waals surface area contributed by atoms with Gasteiger partial charge < -0.3 is 10.3 Å². The van der Waals surface area contributed by atoms with Crippen LogP contribution in [-0.2, 0) is 19.6 Å². The first-order valence-corrected chi connectivity index (χ1v) is 5.72. The zero-order chi connectivity index (χ0) is 13.5. The molecule has 0 aliphatic rings. The molecular weight excluding hydrogens is 241 g/mol. The van der Waals surface area contributed by atoms with Crippen LogP contribution in [0.4, 0.5) is 13.2 Å². The summed E-state index contributed by atoms with van der Waals surface area (Å²) in [5, 5.41) is 0.648. The zero-order valence-electron chi connectivity index (χ0n) is 10.3. The maximum atomic E-state index is 13.1. The fourth-order valence-electron chi connectivity index (χ4n) is 2.55. The number of hydrogen-bond acceptors (Lipinski definition) is 1. The van der Waals surface area contributed by atoms with Gasteiger partial charge in [-0.1, -0.05) is 18.2 Å². The molecule has 0 aliphatic carbocycles. The maximum Gasteiger partial charge on any atom is 0.431 e. The quantitative estimate of drug-likeness (QED) is 0.879. The predicted molar refractivity (Wildman–Crippen MR) is 65.4 cm³/mol. The number of rotatable bonds is 2. The van der Waals surface area contributed by atoms with Gasteiger partial charge in [-0.3, -0.25) is 0 Å². The van der Waals surface area contributed by atoms with Gasteiger partial charge in [0.1, 0.15) is 5.69 Å². The molecule has 18 heavy (non-hydrogen) atoms. The molecule has 0 amide bonds. The second-order valence-electron chi connectivity index (χ2n) is 4.39. The van der Waals surface area contributed by atoms with Gasteiger partial charge >= 0.3 is 6.18 Å². The van der Waals surface area contributed by atoms with Gasteiger partial charge in [-0.15, -0.1) is 0 Å². The van der Waals surface area contributed by atoms with Crippen molar-refractivity contribution >= 4 is 10.9 Å². The number of benzene rings is 1. The highest BCUT2D eigenvalue weighted by molar-refractivity contribution is 5.88. The molecule has 1 aromatic heterocycles. The Morgan fingerprint density at radius 3 is 2.50 bits per heavy atom. The fourth-order valence-corrected chi connectivity index (χ4v) is 2.55. The summed E-state index contributed by atoms with van der Waals surface area (Å²) in [5.74, 6) is 0. The first-order chi connectivity index (χ1) is 8.38. The Morgan fingerprint density at radius 1 is 1.28 bits per heavy atom. The first kappa shape index (κ1) is 13.0. The van der Waals surface area contributed by atoms with Crippen LogP contribution in [0, 0.1) is 6.92 Å². The molecule has 0 unspecified atom stereocenters. The minimum atomic E-state index is -4.36. The van der Waals surface area contributed by atoms with E-state index in [2.05, 4.69) is 0 Å². The average molecular weight is 256 g/mol. The molecule has 0 aliphatic heterocycles. The third kappa shape index (κ3) is 1.88. The second-order valence-corrected chi connectivity index (χ2v) is 4.39. The highest BCUT2D eigenvalue weighted by Gasteiger charge is 2.38. The van der Waals surface area contributed by atoms with Crippen molar-refractivity contribution in [1.29, 1.82) is 0 Å². The van der Waals surface area contributed by atoms with E-state index < -0.39 is 11.9 Å². The molecule has 0 saturated carbocycles. The highest BCUT2D eigenvalue weighted by atomic mass is 19.4. The molecule has 2 aromatic rings. The molecule has 2 N–H and O–H groups in total. The van der Waals surface area contributed by atoms with Gasteiger partial charge in [-0.05, 0) is 31.0 Å². The largest absolute Gasteiger partial charge is 0.431 e. The van der Waals surface area contributed by atoms with Crippen molar-refractivity contribution in [3.63, 3.8) is 0 Å². The molecule has 0 saturated heterocycles. The summed E-state index contributed by atoms with van der Waals surface area (Å²) < 4.78 is 40.7. The van der Waals surface area contributed by atoms with Crippen molar-refractivity contribution in [2.75, 3.05) is 6.54 Å². The third-order valence-electron chi connectivity index (χ3n) is 3.18. The van der Waals surface area contributed by atoms with E-state index in [0.717, 1.165) is 5.56 Å². The number of alkyl halides is 3. The lowest BCUT2D eigenvalue weighted by Crippen LogP contribution is -2.15. The van der Waals surface area contributed by atoms with Crippen molar-refractivity contribution in [3.8, 4) is 0 Å². The van der Waals surface area contributed by atoms with Gasteiger partial charge in [0.05, 0.1) is 5.52 Å². The molecule has 2 nitrogen and oxygen atoms in total. The Kier molecular flexibility index (Phi) is 3.11. The molecule has 0 spiro atoms. The normalized spacial score (nSPS) is 12.3. The first-order valence-electron chi connectivity index (χ1n) is 5.72. The summed E-state index contributed by atoms with van der Waals surface area (Å²) in [6.07, 6.45) is -4.12. The Labute approximate surface area is 103 Å². The van der Waals surface area contributed by atoms with Crippen LogP contribution >= 0.6 is 0 Å². The van der Waals surface area contributed by atoms with Crippen LogP contribution in [0.3, 0.4) is 0 Å². The van der Waals surface area contributed by atoms with Gasteiger partial charge in [-0.2, -0.15) is 13.2 Å². The third-order valence-corrected chi connectivity index (χ3v) is 3.18. The Morgan fingerprint density at radius 2 is 1.94 bits per heavy atom. The van der Waals surface area contributed by atoms with Gasteiger partial charge in [0.25, 0.3) is 0 Å². The van der Waals surface area contributed by atoms with Crippen LogP contribution in [0.15, 0.2) is 18.2 Å². The number of aryl methyl sites for hydroxylation is 2. The highest BCUT2D eigenvalue weighted by Crippen LogP contribution is 2.38. The number of hydrogen-bond donors (Lipinski definition) is 1. The fraction of sp³-hybridized carbons (Fsp3) is 0.385. The molecule has 1 heterocycles. The molecule has 98 valence electrons. The topological polar surface area (TPSA) is 30.9 Å². The molecule has 0 atom stereocenters. The lowest BCUT2D eigenvalue weighted by atomic mass is 10.1. The molecular formula is C13H15F3N2. The van der Waals surface area contributed by atoms with E-state index in [0.29, 0.717) is 16.5 Å². The summed E-state index contributed by atoms with van der Waals surface area (Å²) in [6, 6.07) is 5.31. The number of aromatic nitrogens is 1. The monoisotopic (exact) mass is 256 g/mol. The molecule has 5 heteroatoms. The van der Waals surface area contributed by atoms with Crippen LogP contribution in [-0.4, -0.2) is 11.1 Å². The molecule has 0 radical (unpaired) electrons. The van der Waals surface area contributed by atoms with E-state index in [9.17, 15) is 13.2 Å². The van der Waals surface area contributed by atoms with E-state index in [1.807, 2.05) is 13.0 Å². The molecule has 0 bridgehead atoms. The number of nitrogens with two attached hydrogens (primary N) is 1. The number of halogens is 3. The lowest BCUT2D eigenvalue weighted by molar-refractivity contribution is -0.143. The van der Waals surface area contributed by atoms with E-state index in [1.54, 1.807) is 12.1 Å². The van der Waals surface area contributed by atoms with Crippen molar-refractivity contribution in [1.82, 2.24) is 4.57 Å². The van der Waals surface area contributed by atoms with Crippen molar-refractivity contribution in [2.24, 2.45) is 12.8 Å². The Balaban J connectivity index is 2.88. The number of fused-ring (bicyclic) bond motifs is 1.